The molecule has 0 aromatic heterocycles. The molecule has 1 aliphatic carbocycles. The van der Waals surface area contributed by atoms with Crippen LogP contribution in [0.25, 0.3) is 0 Å². The van der Waals surface area contributed by atoms with E-state index in [0.717, 1.165) is 6.42 Å². The third-order valence-electron chi connectivity index (χ3n) is 0.586. The first-order valence-corrected chi connectivity index (χ1v) is 1.72. The van der Waals surface area contributed by atoms with Crippen molar-refractivity contribution in [3.05, 3.63) is 24.3 Å². The molecular formula is C5H5Pd-. The second kappa shape index (κ2) is 3.34. The van der Waals surface area contributed by atoms with Crippen molar-refractivity contribution in [3.63, 3.8) is 0 Å². The van der Waals surface area contributed by atoms with Gasteiger partial charge in [0.15, 0.2) is 0 Å². The molecule has 0 heterocycles. The first-order valence-electron chi connectivity index (χ1n) is 1.72. The van der Waals surface area contributed by atoms with Gasteiger partial charge in [0.25, 0.3) is 0 Å². The van der Waals surface area contributed by atoms with E-state index in [1.807, 2.05) is 12.2 Å². The van der Waals surface area contributed by atoms with Gasteiger partial charge in [0.1, 0.15) is 0 Å². The van der Waals surface area contributed by atoms with Gasteiger partial charge in [-0.15, -0.1) is 6.42 Å². The second-order valence-corrected chi connectivity index (χ2v) is 1.00. The van der Waals surface area contributed by atoms with E-state index in [2.05, 4.69) is 12.2 Å². The molecule has 0 amide bonds. The van der Waals surface area contributed by atoms with Gasteiger partial charge in [-0.2, -0.15) is 6.08 Å². The topological polar surface area (TPSA) is 0 Å². The van der Waals surface area contributed by atoms with Crippen LogP contribution in [-0.4, -0.2) is 0 Å². The van der Waals surface area contributed by atoms with Crippen molar-refractivity contribution >= 4 is 0 Å². The summed E-state index contributed by atoms with van der Waals surface area (Å²) < 4.78 is 0. The first kappa shape index (κ1) is 6.14. The molecule has 0 saturated carbocycles. The minimum atomic E-state index is 0. The van der Waals surface area contributed by atoms with Gasteiger partial charge in [-0.05, 0) is 0 Å². The monoisotopic (exact) mass is 171 g/mol. The molecule has 1 rings (SSSR count). The third kappa shape index (κ3) is 1.55. The Kier molecular flexibility index (Phi) is 3.42. The normalized spacial score (nSPS) is 14.7. The Bertz CT molecular complexity index is 62.0. The van der Waals surface area contributed by atoms with Gasteiger partial charge in [-0.1, -0.05) is 0 Å². The van der Waals surface area contributed by atoms with Gasteiger partial charge < -0.3 is 0 Å². The van der Waals surface area contributed by atoms with Crippen LogP contribution < -0.4 is 0 Å². The average molecular weight is 172 g/mol. The molecule has 0 radical (unpaired) electrons. The van der Waals surface area contributed by atoms with E-state index in [1.54, 1.807) is 0 Å². The molecule has 36 valence electrons. The Morgan fingerprint density at radius 2 is 2.33 bits per heavy atom. The van der Waals surface area contributed by atoms with Crippen LogP contribution in [0.5, 0.6) is 0 Å². The van der Waals surface area contributed by atoms with Crippen LogP contribution in [0.15, 0.2) is 18.2 Å². The average Bonchev–Trinajstić information content (AvgIpc) is 1.76. The molecule has 0 bridgehead atoms. The van der Waals surface area contributed by atoms with E-state index >= 15 is 0 Å². The van der Waals surface area contributed by atoms with Crippen molar-refractivity contribution < 1.29 is 20.4 Å². The van der Waals surface area contributed by atoms with Gasteiger partial charge in [0.05, 0.1) is 0 Å². The zero-order valence-electron chi connectivity index (χ0n) is 3.26. The summed E-state index contributed by atoms with van der Waals surface area (Å²) in [5.41, 5.74) is 0. The molecule has 0 saturated heterocycles. The van der Waals surface area contributed by atoms with Crippen molar-refractivity contribution in [3.8, 4) is 0 Å². The summed E-state index contributed by atoms with van der Waals surface area (Å²) in [7, 11) is 0. The molecule has 0 aromatic carbocycles. The van der Waals surface area contributed by atoms with Gasteiger partial charge in [0.2, 0.25) is 0 Å². The van der Waals surface area contributed by atoms with Crippen LogP contribution in [-0.2, 0) is 20.4 Å². The molecule has 6 heavy (non-hydrogen) atoms. The summed E-state index contributed by atoms with van der Waals surface area (Å²) in [6, 6.07) is 0. The number of hydrogen-bond donors (Lipinski definition) is 0. The van der Waals surface area contributed by atoms with Crippen molar-refractivity contribution in [2.75, 3.05) is 0 Å². The summed E-state index contributed by atoms with van der Waals surface area (Å²) in [4.78, 5) is 0. The molecule has 1 heteroatoms. The summed E-state index contributed by atoms with van der Waals surface area (Å²) in [6.45, 7) is 0. The van der Waals surface area contributed by atoms with E-state index < -0.39 is 0 Å². The maximum atomic E-state index is 2.99. The Labute approximate surface area is 51.6 Å². The molecule has 0 aromatic rings. The van der Waals surface area contributed by atoms with Crippen LogP contribution in [0.1, 0.15) is 6.42 Å². The number of allylic oxidation sites excluding steroid dienone is 4. The van der Waals surface area contributed by atoms with E-state index in [4.69, 9.17) is 0 Å². The van der Waals surface area contributed by atoms with Gasteiger partial charge in [0, 0.05) is 20.4 Å². The predicted octanol–water partition coefficient (Wildman–Crippen LogP) is 1.30. The van der Waals surface area contributed by atoms with Crippen molar-refractivity contribution in [2.24, 2.45) is 0 Å². The van der Waals surface area contributed by atoms with E-state index in [9.17, 15) is 0 Å². The zero-order chi connectivity index (χ0) is 3.54. The molecule has 0 nitrogen and oxygen atoms in total. The fourth-order valence-corrected chi connectivity index (χ4v) is 0.340. The molecule has 0 aliphatic heterocycles. The molecule has 0 atom stereocenters. The summed E-state index contributed by atoms with van der Waals surface area (Å²) in [6.07, 6.45) is 10.0. The van der Waals surface area contributed by atoms with Crippen LogP contribution in [0.4, 0.5) is 0 Å². The molecule has 0 spiro atoms. The van der Waals surface area contributed by atoms with Crippen molar-refractivity contribution in [2.45, 2.75) is 6.42 Å². The Morgan fingerprint density at radius 3 is 2.50 bits per heavy atom. The molecule has 0 fully saturated rings. The largest absolute Gasteiger partial charge is 0.273 e. The van der Waals surface area contributed by atoms with E-state index in [0.29, 0.717) is 0 Å². The van der Waals surface area contributed by atoms with Crippen molar-refractivity contribution in [1.82, 2.24) is 0 Å². The molecule has 0 unspecified atom stereocenters. The third-order valence-corrected chi connectivity index (χ3v) is 0.586. The van der Waals surface area contributed by atoms with E-state index in [-0.39, 0.29) is 20.4 Å². The van der Waals surface area contributed by atoms with Crippen LogP contribution in [0.2, 0.25) is 0 Å². The van der Waals surface area contributed by atoms with E-state index in [1.165, 1.54) is 0 Å². The number of hydrogen-bond acceptors (Lipinski definition) is 0. The maximum absolute atomic E-state index is 2.99. The Morgan fingerprint density at radius 1 is 1.50 bits per heavy atom. The summed E-state index contributed by atoms with van der Waals surface area (Å²) in [5, 5.41) is 0. The minimum absolute atomic E-state index is 0. The summed E-state index contributed by atoms with van der Waals surface area (Å²) >= 11 is 0. The van der Waals surface area contributed by atoms with Crippen LogP contribution in [0, 0.1) is 6.08 Å². The SMILES string of the molecule is [C-]1=CC=CC1.[Pd]. The van der Waals surface area contributed by atoms with Crippen LogP contribution in [0.3, 0.4) is 0 Å². The van der Waals surface area contributed by atoms with Gasteiger partial charge >= 0.3 is 0 Å². The van der Waals surface area contributed by atoms with Gasteiger partial charge in [-0.3, -0.25) is 6.08 Å². The Balaban J connectivity index is 0.000000250. The van der Waals surface area contributed by atoms with Crippen LogP contribution >= 0.6 is 0 Å². The summed E-state index contributed by atoms with van der Waals surface area (Å²) in [5.74, 6) is 0. The quantitative estimate of drug-likeness (QED) is 0.381. The fraction of sp³-hybridized carbons (Fsp3) is 0.200. The maximum Gasteiger partial charge on any atom is 0 e. The minimum Gasteiger partial charge on any atom is -0.273 e. The van der Waals surface area contributed by atoms with Crippen molar-refractivity contribution in [1.29, 1.82) is 0 Å². The predicted molar refractivity (Wildman–Crippen MR) is 21.6 cm³/mol. The zero-order valence-corrected chi connectivity index (χ0v) is 4.81. The standard InChI is InChI=1S/C5H5.Pd/c1-2-4-5-3-1;/h1-3H,4H2;/q-1;. The molecular weight excluding hydrogens is 166 g/mol. The molecule has 0 N–H and O–H groups in total. The second-order valence-electron chi connectivity index (χ2n) is 1.00. The van der Waals surface area contributed by atoms with Gasteiger partial charge in [-0.25, -0.2) is 12.2 Å². The Hall–Kier alpha value is 0.142. The molecule has 1 aliphatic rings. The first-order chi connectivity index (χ1) is 2.50. The number of rotatable bonds is 0. The smallest absolute Gasteiger partial charge is 0 e. The fourth-order valence-electron chi connectivity index (χ4n) is 0.340.